The Morgan fingerprint density at radius 3 is 2.76 bits per heavy atom. The number of ether oxygens (including phenoxy) is 1. The predicted molar refractivity (Wildman–Crippen MR) is 123 cm³/mol. The molecule has 1 unspecified atom stereocenters. The predicted octanol–water partition coefficient (Wildman–Crippen LogP) is 4.82. The van der Waals surface area contributed by atoms with Crippen LogP contribution in [0.5, 0.6) is 5.75 Å². The number of likely N-dealkylation sites (tertiary alicyclic amines) is 1. The van der Waals surface area contributed by atoms with Crippen LogP contribution >= 0.6 is 11.6 Å². The van der Waals surface area contributed by atoms with Crippen LogP contribution in [0.3, 0.4) is 0 Å². The first-order chi connectivity index (χ1) is 16.2. The summed E-state index contributed by atoms with van der Waals surface area (Å²) in [6.07, 6.45) is 0.379. The second-order valence-corrected chi connectivity index (χ2v) is 8.54. The van der Waals surface area contributed by atoms with Crippen molar-refractivity contribution in [3.05, 3.63) is 59.5 Å². The van der Waals surface area contributed by atoms with Gasteiger partial charge in [0.1, 0.15) is 11.6 Å². The third-order valence-electron chi connectivity index (χ3n) is 5.85. The number of benzene rings is 2. The summed E-state index contributed by atoms with van der Waals surface area (Å²) < 4.78 is 19.3. The Bertz CT molecular complexity index is 1240. The minimum Gasteiger partial charge on any atom is -0.481 e. The van der Waals surface area contributed by atoms with Crippen LogP contribution in [0.25, 0.3) is 22.0 Å². The zero-order valence-corrected chi connectivity index (χ0v) is 19.1. The van der Waals surface area contributed by atoms with Crippen molar-refractivity contribution in [1.82, 2.24) is 14.9 Å². The van der Waals surface area contributed by atoms with E-state index in [1.807, 2.05) is 0 Å². The Kier molecular flexibility index (Phi) is 6.85. The van der Waals surface area contributed by atoms with Gasteiger partial charge in [-0.25, -0.2) is 9.18 Å². The van der Waals surface area contributed by atoms with E-state index in [0.29, 0.717) is 36.2 Å². The maximum absolute atomic E-state index is 13.5. The fourth-order valence-corrected chi connectivity index (χ4v) is 4.44. The first-order valence-corrected chi connectivity index (χ1v) is 11.1. The second-order valence-electron chi connectivity index (χ2n) is 8.13. The molecule has 178 valence electrons. The van der Waals surface area contributed by atoms with Crippen molar-refractivity contribution in [3.63, 3.8) is 0 Å². The number of halogens is 2. The van der Waals surface area contributed by atoms with Crippen molar-refractivity contribution in [2.75, 3.05) is 13.1 Å². The van der Waals surface area contributed by atoms with Gasteiger partial charge in [-0.3, -0.25) is 15.0 Å². The van der Waals surface area contributed by atoms with Gasteiger partial charge in [-0.05, 0) is 61.7 Å². The van der Waals surface area contributed by atoms with Crippen molar-refractivity contribution < 1.29 is 29.0 Å². The van der Waals surface area contributed by atoms with Gasteiger partial charge in [-0.2, -0.15) is 5.06 Å². The molecule has 0 bridgehead atoms. The Morgan fingerprint density at radius 2 is 2.03 bits per heavy atom. The zero-order chi connectivity index (χ0) is 24.4. The highest BCUT2D eigenvalue weighted by Gasteiger charge is 2.32. The number of piperidine rings is 1. The van der Waals surface area contributed by atoms with Gasteiger partial charge < -0.3 is 14.7 Å². The average molecular weight is 488 g/mol. The summed E-state index contributed by atoms with van der Waals surface area (Å²) in [5.41, 5.74) is 2.08. The lowest BCUT2D eigenvalue weighted by atomic mass is 10.0. The Morgan fingerprint density at radius 1 is 1.24 bits per heavy atom. The van der Waals surface area contributed by atoms with Gasteiger partial charge >= 0.3 is 6.09 Å². The van der Waals surface area contributed by atoms with E-state index in [0.717, 1.165) is 10.9 Å². The van der Waals surface area contributed by atoms with Crippen LogP contribution in [0.4, 0.5) is 9.18 Å². The van der Waals surface area contributed by atoms with Gasteiger partial charge in [0.15, 0.2) is 6.10 Å². The SMILES string of the molecule is C[C@@H](Oc1ccc2c(-c3ccc(F)cc3Cl)ccnc2c1)C(=O)N1CCCC(N(O)C(=O)O)C1. The quantitative estimate of drug-likeness (QED) is 0.395. The standard InChI is InChI=1S/C24H23ClFN3O5/c1-14(23(30)28-10-2-3-16(13-28)29(33)24(31)32)34-17-5-7-20-18(8-9-27-22(20)12-17)19-6-4-15(26)11-21(19)25/h4-9,11-12,14,16,33H,2-3,10,13H2,1H3,(H,31,32)/t14-,16?/m1/s1. The van der Waals surface area contributed by atoms with Crippen LogP contribution in [0.2, 0.25) is 5.02 Å². The molecule has 2 aromatic carbocycles. The number of pyridine rings is 1. The normalized spacial score (nSPS) is 16.8. The number of hydroxylamine groups is 2. The molecule has 0 spiro atoms. The first kappa shape index (κ1) is 23.7. The molecule has 0 saturated carbocycles. The number of rotatable bonds is 5. The lowest BCUT2D eigenvalue weighted by Gasteiger charge is -2.36. The molecule has 0 radical (unpaired) electrons. The number of carbonyl (C=O) groups is 2. The van der Waals surface area contributed by atoms with Crippen LogP contribution in [0.1, 0.15) is 19.8 Å². The fraction of sp³-hybridized carbons (Fsp3) is 0.292. The summed E-state index contributed by atoms with van der Waals surface area (Å²) in [5.74, 6) is -0.286. The zero-order valence-electron chi connectivity index (χ0n) is 18.3. The van der Waals surface area contributed by atoms with Crippen LogP contribution in [-0.4, -0.2) is 62.5 Å². The van der Waals surface area contributed by atoms with Crippen LogP contribution in [-0.2, 0) is 4.79 Å². The molecule has 1 fully saturated rings. The number of nitrogens with zero attached hydrogens (tertiary/aromatic N) is 3. The molecule has 2 amide bonds. The molecule has 8 nitrogen and oxygen atoms in total. The number of hydrogen-bond acceptors (Lipinski definition) is 5. The highest BCUT2D eigenvalue weighted by Crippen LogP contribution is 2.34. The number of carbonyl (C=O) groups excluding carboxylic acids is 1. The van der Waals surface area contributed by atoms with Gasteiger partial charge in [0.05, 0.1) is 16.6 Å². The van der Waals surface area contributed by atoms with E-state index < -0.39 is 24.1 Å². The number of carboxylic acid groups (broad SMARTS) is 1. The smallest absolute Gasteiger partial charge is 0.431 e. The summed E-state index contributed by atoms with van der Waals surface area (Å²) in [4.78, 5) is 29.8. The summed E-state index contributed by atoms with van der Waals surface area (Å²) in [6, 6.07) is 10.6. The third-order valence-corrected chi connectivity index (χ3v) is 6.16. The Labute approximate surface area is 200 Å². The van der Waals surface area contributed by atoms with Gasteiger partial charge in [-0.15, -0.1) is 0 Å². The Balaban J connectivity index is 1.51. The first-order valence-electron chi connectivity index (χ1n) is 10.7. The van der Waals surface area contributed by atoms with E-state index in [4.69, 9.17) is 21.4 Å². The summed E-state index contributed by atoms with van der Waals surface area (Å²) in [7, 11) is 0. The minimum absolute atomic E-state index is 0.0936. The molecule has 4 rings (SSSR count). The summed E-state index contributed by atoms with van der Waals surface area (Å²) >= 11 is 6.24. The van der Waals surface area contributed by atoms with E-state index in [9.17, 15) is 19.2 Å². The number of aromatic nitrogens is 1. The minimum atomic E-state index is -1.45. The number of amides is 2. The van der Waals surface area contributed by atoms with Crippen LogP contribution in [0.15, 0.2) is 48.7 Å². The highest BCUT2D eigenvalue weighted by molar-refractivity contribution is 6.33. The van der Waals surface area contributed by atoms with Crippen molar-refractivity contribution in [2.24, 2.45) is 0 Å². The number of fused-ring (bicyclic) bond motifs is 1. The molecule has 34 heavy (non-hydrogen) atoms. The lowest BCUT2D eigenvalue weighted by Crippen LogP contribution is -2.52. The molecule has 2 atom stereocenters. The summed E-state index contributed by atoms with van der Waals surface area (Å²) in [5, 5.41) is 20.0. The van der Waals surface area contributed by atoms with E-state index in [1.54, 1.807) is 43.5 Å². The largest absolute Gasteiger partial charge is 0.481 e. The van der Waals surface area contributed by atoms with E-state index >= 15 is 0 Å². The molecule has 1 aliphatic rings. The van der Waals surface area contributed by atoms with Crippen molar-refractivity contribution in [3.8, 4) is 16.9 Å². The molecule has 2 N–H and O–H groups in total. The van der Waals surface area contributed by atoms with Gasteiger partial charge in [-0.1, -0.05) is 11.6 Å². The van der Waals surface area contributed by atoms with Crippen molar-refractivity contribution >= 4 is 34.5 Å². The van der Waals surface area contributed by atoms with Crippen LogP contribution in [0, 0.1) is 5.82 Å². The van der Waals surface area contributed by atoms with E-state index in [2.05, 4.69) is 4.98 Å². The van der Waals surface area contributed by atoms with Gasteiger partial charge in [0.25, 0.3) is 5.91 Å². The topological polar surface area (TPSA) is 103 Å². The molecular formula is C24H23ClFN3O5. The fourth-order valence-electron chi connectivity index (χ4n) is 4.17. The third kappa shape index (κ3) is 4.90. The monoisotopic (exact) mass is 487 g/mol. The summed E-state index contributed by atoms with van der Waals surface area (Å²) in [6.45, 7) is 2.17. The molecule has 1 aromatic heterocycles. The lowest BCUT2D eigenvalue weighted by molar-refractivity contribution is -0.146. The molecule has 10 heteroatoms. The maximum atomic E-state index is 13.5. The van der Waals surface area contributed by atoms with Crippen molar-refractivity contribution in [2.45, 2.75) is 31.9 Å². The highest BCUT2D eigenvalue weighted by atomic mass is 35.5. The molecule has 3 aromatic rings. The van der Waals surface area contributed by atoms with Gasteiger partial charge in [0, 0.05) is 36.3 Å². The van der Waals surface area contributed by atoms with E-state index in [-0.39, 0.29) is 22.5 Å². The molecular weight excluding hydrogens is 465 g/mol. The van der Waals surface area contributed by atoms with Gasteiger partial charge in [0.2, 0.25) is 0 Å². The van der Waals surface area contributed by atoms with Crippen LogP contribution < -0.4 is 4.74 Å². The maximum Gasteiger partial charge on any atom is 0.431 e. The van der Waals surface area contributed by atoms with E-state index in [1.165, 1.54) is 17.0 Å². The second kappa shape index (κ2) is 9.82. The number of hydrogen-bond donors (Lipinski definition) is 2. The average Bonchev–Trinajstić information content (AvgIpc) is 2.82. The molecule has 0 aliphatic carbocycles. The van der Waals surface area contributed by atoms with Crippen molar-refractivity contribution in [1.29, 1.82) is 0 Å². The Hall–Kier alpha value is -3.43. The molecule has 1 saturated heterocycles. The molecule has 2 heterocycles. The molecule has 1 aliphatic heterocycles.